The van der Waals surface area contributed by atoms with Crippen LogP contribution in [0.5, 0.6) is 5.75 Å². The third-order valence-electron chi connectivity index (χ3n) is 2.91. The van der Waals surface area contributed by atoms with E-state index in [1.165, 1.54) is 6.07 Å². The first kappa shape index (κ1) is 13.5. The SMILES string of the molecule is Cc1ccccc1C(N)COc1c(F)cccc1F. The molecule has 2 N–H and O–H groups in total. The number of halogens is 2. The van der Waals surface area contributed by atoms with E-state index in [2.05, 4.69) is 0 Å². The van der Waals surface area contributed by atoms with E-state index in [0.717, 1.165) is 23.3 Å². The lowest BCUT2D eigenvalue weighted by Gasteiger charge is -2.16. The Morgan fingerprint density at radius 1 is 1.05 bits per heavy atom. The zero-order chi connectivity index (χ0) is 13.8. The molecule has 0 aromatic heterocycles. The van der Waals surface area contributed by atoms with E-state index >= 15 is 0 Å². The lowest BCUT2D eigenvalue weighted by molar-refractivity contribution is 0.263. The first-order chi connectivity index (χ1) is 9.09. The lowest BCUT2D eigenvalue weighted by atomic mass is 10.0. The molecule has 0 radical (unpaired) electrons. The summed E-state index contributed by atoms with van der Waals surface area (Å²) in [7, 11) is 0. The Morgan fingerprint density at radius 2 is 1.68 bits per heavy atom. The van der Waals surface area contributed by atoms with E-state index in [9.17, 15) is 8.78 Å². The lowest BCUT2D eigenvalue weighted by Crippen LogP contribution is -2.20. The normalized spacial score (nSPS) is 12.2. The van der Waals surface area contributed by atoms with Crippen molar-refractivity contribution >= 4 is 0 Å². The Hall–Kier alpha value is -1.94. The van der Waals surface area contributed by atoms with Crippen LogP contribution in [0.1, 0.15) is 17.2 Å². The first-order valence-electron chi connectivity index (χ1n) is 5.97. The number of hydrogen-bond donors (Lipinski definition) is 1. The number of hydrogen-bond acceptors (Lipinski definition) is 2. The molecule has 0 aliphatic heterocycles. The highest BCUT2D eigenvalue weighted by molar-refractivity contribution is 5.29. The highest BCUT2D eigenvalue weighted by Gasteiger charge is 2.13. The van der Waals surface area contributed by atoms with Crippen LogP contribution in [0.3, 0.4) is 0 Å². The van der Waals surface area contributed by atoms with Crippen molar-refractivity contribution in [1.82, 2.24) is 0 Å². The molecular formula is C15H15F2NO. The van der Waals surface area contributed by atoms with E-state index in [0.29, 0.717) is 0 Å². The van der Waals surface area contributed by atoms with Gasteiger partial charge in [-0.2, -0.15) is 0 Å². The van der Waals surface area contributed by atoms with Crippen LogP contribution in [-0.2, 0) is 0 Å². The molecule has 1 atom stereocenters. The summed E-state index contributed by atoms with van der Waals surface area (Å²) in [6, 6.07) is 10.7. The number of benzene rings is 2. The Kier molecular flexibility index (Phi) is 4.12. The molecule has 0 heterocycles. The predicted octanol–water partition coefficient (Wildman–Crippen LogP) is 3.35. The maximum absolute atomic E-state index is 13.4. The van der Waals surface area contributed by atoms with E-state index in [-0.39, 0.29) is 12.4 Å². The Bertz CT molecular complexity index is 552. The maximum atomic E-state index is 13.4. The van der Waals surface area contributed by atoms with Gasteiger partial charge in [0.05, 0.1) is 6.04 Å². The second-order valence-electron chi connectivity index (χ2n) is 4.32. The molecule has 0 aliphatic rings. The summed E-state index contributed by atoms with van der Waals surface area (Å²) in [5, 5.41) is 0. The summed E-state index contributed by atoms with van der Waals surface area (Å²) in [6.07, 6.45) is 0. The fraction of sp³-hybridized carbons (Fsp3) is 0.200. The Balaban J connectivity index is 2.09. The van der Waals surface area contributed by atoms with Gasteiger partial charge in [-0.25, -0.2) is 8.78 Å². The van der Waals surface area contributed by atoms with Gasteiger partial charge in [0, 0.05) is 0 Å². The second-order valence-corrected chi connectivity index (χ2v) is 4.32. The number of ether oxygens (including phenoxy) is 1. The van der Waals surface area contributed by atoms with Crippen molar-refractivity contribution in [2.45, 2.75) is 13.0 Å². The van der Waals surface area contributed by atoms with Gasteiger partial charge < -0.3 is 10.5 Å². The summed E-state index contributed by atoms with van der Waals surface area (Å²) in [6.45, 7) is 1.95. The quantitative estimate of drug-likeness (QED) is 0.918. The summed E-state index contributed by atoms with van der Waals surface area (Å²) in [5.41, 5.74) is 7.90. The molecule has 0 fully saturated rings. The average molecular weight is 263 g/mol. The molecule has 2 aromatic rings. The van der Waals surface area contributed by atoms with Gasteiger partial charge in [0.25, 0.3) is 0 Å². The largest absolute Gasteiger partial charge is 0.486 e. The zero-order valence-corrected chi connectivity index (χ0v) is 10.6. The summed E-state index contributed by atoms with van der Waals surface area (Å²) in [4.78, 5) is 0. The standard InChI is InChI=1S/C15H15F2NO/c1-10-5-2-3-6-11(10)14(18)9-19-15-12(16)7-4-8-13(15)17/h2-8,14H,9,18H2,1H3. The van der Waals surface area contributed by atoms with Crippen LogP contribution in [0, 0.1) is 18.6 Å². The molecule has 1 unspecified atom stereocenters. The fourth-order valence-electron chi connectivity index (χ4n) is 1.89. The Morgan fingerprint density at radius 3 is 2.32 bits per heavy atom. The third-order valence-corrected chi connectivity index (χ3v) is 2.91. The number of aryl methyl sites for hydroxylation is 1. The van der Waals surface area contributed by atoms with Gasteiger partial charge in [0.15, 0.2) is 17.4 Å². The van der Waals surface area contributed by atoms with Gasteiger partial charge in [0.2, 0.25) is 0 Å². The predicted molar refractivity (Wildman–Crippen MR) is 70.0 cm³/mol. The van der Waals surface area contributed by atoms with Crippen molar-refractivity contribution in [1.29, 1.82) is 0 Å². The number of para-hydroxylation sites is 1. The molecule has 0 saturated carbocycles. The van der Waals surface area contributed by atoms with Gasteiger partial charge in [-0.3, -0.25) is 0 Å². The van der Waals surface area contributed by atoms with E-state index < -0.39 is 17.7 Å². The van der Waals surface area contributed by atoms with Crippen LogP contribution in [0.4, 0.5) is 8.78 Å². The van der Waals surface area contributed by atoms with E-state index in [4.69, 9.17) is 10.5 Å². The highest BCUT2D eigenvalue weighted by Crippen LogP contribution is 2.23. The average Bonchev–Trinajstić information content (AvgIpc) is 2.38. The molecule has 0 spiro atoms. The molecular weight excluding hydrogens is 248 g/mol. The van der Waals surface area contributed by atoms with Crippen molar-refractivity contribution in [3.8, 4) is 5.75 Å². The molecule has 0 amide bonds. The van der Waals surface area contributed by atoms with Crippen LogP contribution in [0.25, 0.3) is 0 Å². The van der Waals surface area contributed by atoms with Crippen LogP contribution >= 0.6 is 0 Å². The molecule has 100 valence electrons. The molecule has 2 nitrogen and oxygen atoms in total. The maximum Gasteiger partial charge on any atom is 0.190 e. The minimum Gasteiger partial charge on any atom is -0.486 e. The van der Waals surface area contributed by atoms with Gasteiger partial charge in [0.1, 0.15) is 6.61 Å². The van der Waals surface area contributed by atoms with Crippen LogP contribution in [-0.4, -0.2) is 6.61 Å². The van der Waals surface area contributed by atoms with E-state index in [1.54, 1.807) is 0 Å². The molecule has 0 saturated heterocycles. The van der Waals surface area contributed by atoms with Crippen molar-refractivity contribution < 1.29 is 13.5 Å². The van der Waals surface area contributed by atoms with E-state index in [1.807, 2.05) is 31.2 Å². The molecule has 0 bridgehead atoms. The minimum absolute atomic E-state index is 0.0166. The van der Waals surface area contributed by atoms with Crippen LogP contribution < -0.4 is 10.5 Å². The minimum atomic E-state index is -0.725. The second kappa shape index (κ2) is 5.80. The highest BCUT2D eigenvalue weighted by atomic mass is 19.1. The zero-order valence-electron chi connectivity index (χ0n) is 10.6. The third kappa shape index (κ3) is 3.09. The van der Waals surface area contributed by atoms with Crippen molar-refractivity contribution in [2.24, 2.45) is 5.73 Å². The van der Waals surface area contributed by atoms with Crippen LogP contribution in [0.2, 0.25) is 0 Å². The number of rotatable bonds is 4. The summed E-state index contributed by atoms with van der Waals surface area (Å²) >= 11 is 0. The molecule has 2 rings (SSSR count). The smallest absolute Gasteiger partial charge is 0.190 e. The molecule has 19 heavy (non-hydrogen) atoms. The number of nitrogens with two attached hydrogens (primary N) is 1. The van der Waals surface area contributed by atoms with Crippen molar-refractivity contribution in [3.63, 3.8) is 0 Å². The summed E-state index contributed by atoms with van der Waals surface area (Å²) in [5.74, 6) is -1.83. The fourth-order valence-corrected chi connectivity index (χ4v) is 1.89. The molecule has 2 aromatic carbocycles. The molecule has 4 heteroatoms. The Labute approximate surface area is 110 Å². The first-order valence-corrected chi connectivity index (χ1v) is 5.97. The van der Waals surface area contributed by atoms with Gasteiger partial charge in [-0.1, -0.05) is 30.3 Å². The van der Waals surface area contributed by atoms with Gasteiger partial charge >= 0.3 is 0 Å². The van der Waals surface area contributed by atoms with Crippen molar-refractivity contribution in [3.05, 3.63) is 65.2 Å². The topological polar surface area (TPSA) is 35.2 Å². The monoisotopic (exact) mass is 263 g/mol. The van der Waals surface area contributed by atoms with Crippen LogP contribution in [0.15, 0.2) is 42.5 Å². The van der Waals surface area contributed by atoms with Gasteiger partial charge in [-0.05, 0) is 30.2 Å². The molecule has 0 aliphatic carbocycles. The van der Waals surface area contributed by atoms with Crippen molar-refractivity contribution in [2.75, 3.05) is 6.61 Å². The van der Waals surface area contributed by atoms with Gasteiger partial charge in [-0.15, -0.1) is 0 Å². The summed E-state index contributed by atoms with van der Waals surface area (Å²) < 4.78 is 31.9.